The van der Waals surface area contributed by atoms with E-state index in [1.54, 1.807) is 0 Å². The summed E-state index contributed by atoms with van der Waals surface area (Å²) in [7, 11) is 0. The van der Waals surface area contributed by atoms with Crippen molar-refractivity contribution in [3.05, 3.63) is 18.0 Å². The lowest BCUT2D eigenvalue weighted by atomic mass is 10.1. The van der Waals surface area contributed by atoms with E-state index in [2.05, 4.69) is 44.3 Å². The summed E-state index contributed by atoms with van der Waals surface area (Å²) in [6.45, 7) is 12.0. The fraction of sp³-hybridized carbons (Fsp3) is 0.786. The van der Waals surface area contributed by atoms with Crippen molar-refractivity contribution < 1.29 is 4.74 Å². The van der Waals surface area contributed by atoms with Crippen molar-refractivity contribution in [2.75, 3.05) is 19.8 Å². The standard InChI is InChI=1S/C14H27N3O/c1-5-14(15-6-2)13-9-16-17(10-13)7-8-18-11-12(3)4/h9-10,12,14-15H,5-8,11H2,1-4H3. The minimum absolute atomic E-state index is 0.417. The molecule has 1 atom stereocenters. The van der Waals surface area contributed by atoms with E-state index in [9.17, 15) is 0 Å². The monoisotopic (exact) mass is 253 g/mol. The van der Waals surface area contributed by atoms with Crippen LogP contribution in [-0.4, -0.2) is 29.5 Å². The number of nitrogens with one attached hydrogen (secondary N) is 1. The van der Waals surface area contributed by atoms with Crippen molar-refractivity contribution in [2.45, 2.75) is 46.7 Å². The highest BCUT2D eigenvalue weighted by atomic mass is 16.5. The lowest BCUT2D eigenvalue weighted by Crippen LogP contribution is -2.19. The van der Waals surface area contributed by atoms with E-state index < -0.39 is 0 Å². The number of hydrogen-bond acceptors (Lipinski definition) is 3. The van der Waals surface area contributed by atoms with Crippen molar-refractivity contribution in [3.8, 4) is 0 Å². The second-order valence-corrected chi connectivity index (χ2v) is 5.02. The highest BCUT2D eigenvalue weighted by Crippen LogP contribution is 2.15. The first-order valence-corrected chi connectivity index (χ1v) is 7.00. The van der Waals surface area contributed by atoms with Crippen molar-refractivity contribution in [3.63, 3.8) is 0 Å². The zero-order valence-corrected chi connectivity index (χ0v) is 12.1. The quantitative estimate of drug-likeness (QED) is 0.688. The lowest BCUT2D eigenvalue weighted by molar-refractivity contribution is 0.101. The van der Waals surface area contributed by atoms with Crippen molar-refractivity contribution in [1.82, 2.24) is 15.1 Å². The molecule has 0 aliphatic heterocycles. The van der Waals surface area contributed by atoms with Crippen LogP contribution < -0.4 is 5.32 Å². The Bertz CT molecular complexity index is 323. The Morgan fingerprint density at radius 1 is 1.39 bits per heavy atom. The van der Waals surface area contributed by atoms with Gasteiger partial charge in [0.2, 0.25) is 0 Å². The Morgan fingerprint density at radius 3 is 2.78 bits per heavy atom. The normalized spacial score (nSPS) is 13.2. The van der Waals surface area contributed by atoms with Crippen LogP contribution in [-0.2, 0) is 11.3 Å². The molecule has 104 valence electrons. The molecule has 0 aliphatic rings. The Hall–Kier alpha value is -0.870. The summed E-state index contributed by atoms with van der Waals surface area (Å²) in [6, 6.07) is 0.417. The summed E-state index contributed by atoms with van der Waals surface area (Å²) in [6.07, 6.45) is 5.16. The smallest absolute Gasteiger partial charge is 0.0662 e. The topological polar surface area (TPSA) is 39.1 Å². The third kappa shape index (κ3) is 5.19. The van der Waals surface area contributed by atoms with E-state index in [1.807, 2.05) is 10.9 Å². The second-order valence-electron chi connectivity index (χ2n) is 5.02. The van der Waals surface area contributed by atoms with Crippen LogP contribution in [0.2, 0.25) is 0 Å². The SMILES string of the molecule is CCNC(CC)c1cnn(CCOCC(C)C)c1. The maximum atomic E-state index is 5.57. The third-order valence-electron chi connectivity index (χ3n) is 2.83. The van der Waals surface area contributed by atoms with Gasteiger partial charge in [0, 0.05) is 24.4 Å². The number of rotatable bonds is 9. The lowest BCUT2D eigenvalue weighted by Gasteiger charge is -2.13. The van der Waals surface area contributed by atoms with Gasteiger partial charge in [0.05, 0.1) is 19.3 Å². The third-order valence-corrected chi connectivity index (χ3v) is 2.83. The molecule has 0 aromatic carbocycles. The van der Waals surface area contributed by atoms with Gasteiger partial charge in [-0.25, -0.2) is 0 Å². The molecular formula is C14H27N3O. The predicted octanol–water partition coefficient (Wildman–Crippen LogP) is 2.62. The molecule has 0 saturated heterocycles. The van der Waals surface area contributed by atoms with Crippen LogP contribution in [0.15, 0.2) is 12.4 Å². The molecule has 0 aliphatic carbocycles. The molecule has 4 heteroatoms. The van der Waals surface area contributed by atoms with Crippen LogP contribution in [0.1, 0.15) is 45.7 Å². The molecule has 1 aromatic heterocycles. The van der Waals surface area contributed by atoms with Gasteiger partial charge < -0.3 is 10.1 Å². The highest BCUT2D eigenvalue weighted by molar-refractivity contribution is 5.10. The van der Waals surface area contributed by atoms with Crippen molar-refractivity contribution >= 4 is 0 Å². The molecular weight excluding hydrogens is 226 g/mol. The van der Waals surface area contributed by atoms with Crippen LogP contribution in [0.3, 0.4) is 0 Å². The Labute approximate surface area is 111 Å². The van der Waals surface area contributed by atoms with Gasteiger partial charge in [-0.3, -0.25) is 4.68 Å². The summed E-state index contributed by atoms with van der Waals surface area (Å²) < 4.78 is 7.53. The number of nitrogens with zero attached hydrogens (tertiary/aromatic N) is 2. The molecule has 18 heavy (non-hydrogen) atoms. The minimum Gasteiger partial charge on any atom is -0.379 e. The first kappa shape index (κ1) is 15.2. The van der Waals surface area contributed by atoms with Crippen molar-refractivity contribution in [2.24, 2.45) is 5.92 Å². The number of aromatic nitrogens is 2. The first-order valence-electron chi connectivity index (χ1n) is 7.00. The summed E-state index contributed by atoms with van der Waals surface area (Å²) in [5.74, 6) is 0.594. The highest BCUT2D eigenvalue weighted by Gasteiger charge is 2.09. The van der Waals surface area contributed by atoms with E-state index in [-0.39, 0.29) is 0 Å². The Kier molecular flexibility index (Phi) is 6.98. The van der Waals surface area contributed by atoms with E-state index in [0.717, 1.165) is 32.7 Å². The maximum Gasteiger partial charge on any atom is 0.0662 e. The van der Waals surface area contributed by atoms with Gasteiger partial charge in [0.1, 0.15) is 0 Å². The van der Waals surface area contributed by atoms with Gasteiger partial charge in [0.15, 0.2) is 0 Å². The molecule has 0 fully saturated rings. The predicted molar refractivity (Wildman–Crippen MR) is 74.6 cm³/mol. The first-order chi connectivity index (χ1) is 8.67. The summed E-state index contributed by atoms with van der Waals surface area (Å²) in [5, 5.41) is 7.84. The van der Waals surface area contributed by atoms with E-state index in [1.165, 1.54) is 5.56 Å². The van der Waals surface area contributed by atoms with Crippen LogP contribution >= 0.6 is 0 Å². The van der Waals surface area contributed by atoms with Crippen LogP contribution in [0.25, 0.3) is 0 Å². The summed E-state index contributed by atoms with van der Waals surface area (Å²) in [4.78, 5) is 0. The molecule has 0 amide bonds. The van der Waals surface area contributed by atoms with Crippen LogP contribution in [0, 0.1) is 5.92 Å². The Balaban J connectivity index is 2.37. The fourth-order valence-corrected chi connectivity index (χ4v) is 1.90. The molecule has 1 unspecified atom stereocenters. The average molecular weight is 253 g/mol. The van der Waals surface area contributed by atoms with Gasteiger partial charge in [-0.05, 0) is 18.9 Å². The largest absolute Gasteiger partial charge is 0.379 e. The van der Waals surface area contributed by atoms with Crippen molar-refractivity contribution in [1.29, 1.82) is 0 Å². The van der Waals surface area contributed by atoms with Crippen LogP contribution in [0.5, 0.6) is 0 Å². The molecule has 0 bridgehead atoms. The summed E-state index contributed by atoms with van der Waals surface area (Å²) in [5.41, 5.74) is 1.27. The van der Waals surface area contributed by atoms with Gasteiger partial charge in [0.25, 0.3) is 0 Å². The van der Waals surface area contributed by atoms with Gasteiger partial charge in [-0.15, -0.1) is 0 Å². The Morgan fingerprint density at radius 2 is 2.17 bits per heavy atom. The number of ether oxygens (including phenoxy) is 1. The minimum atomic E-state index is 0.417. The molecule has 1 heterocycles. The zero-order valence-electron chi connectivity index (χ0n) is 12.1. The molecule has 0 radical (unpaired) electrons. The van der Waals surface area contributed by atoms with Gasteiger partial charge in [-0.1, -0.05) is 27.7 Å². The van der Waals surface area contributed by atoms with Gasteiger partial charge >= 0.3 is 0 Å². The zero-order chi connectivity index (χ0) is 13.4. The number of hydrogen-bond donors (Lipinski definition) is 1. The second kappa shape index (κ2) is 8.27. The van der Waals surface area contributed by atoms with Crippen LogP contribution in [0.4, 0.5) is 0 Å². The molecule has 1 rings (SSSR count). The molecule has 1 N–H and O–H groups in total. The van der Waals surface area contributed by atoms with E-state index >= 15 is 0 Å². The van der Waals surface area contributed by atoms with Gasteiger partial charge in [-0.2, -0.15) is 5.10 Å². The molecule has 4 nitrogen and oxygen atoms in total. The van der Waals surface area contributed by atoms with E-state index in [4.69, 9.17) is 4.74 Å². The van der Waals surface area contributed by atoms with E-state index in [0.29, 0.717) is 12.0 Å². The maximum absolute atomic E-state index is 5.57. The fourth-order valence-electron chi connectivity index (χ4n) is 1.90. The molecule has 0 saturated carbocycles. The summed E-state index contributed by atoms with van der Waals surface area (Å²) >= 11 is 0. The average Bonchev–Trinajstić information content (AvgIpc) is 2.80. The molecule has 0 spiro atoms. The molecule has 1 aromatic rings.